The van der Waals surface area contributed by atoms with E-state index in [1.165, 1.54) is 6.08 Å². The highest BCUT2D eigenvalue weighted by Gasteiger charge is 2.22. The Bertz CT molecular complexity index is 1670. The summed E-state index contributed by atoms with van der Waals surface area (Å²) in [5, 5.41) is 13.8. The summed E-state index contributed by atoms with van der Waals surface area (Å²) in [6, 6.07) is 14.7. The number of benzene rings is 2. The lowest BCUT2D eigenvalue weighted by Gasteiger charge is -2.28. The first kappa shape index (κ1) is 32.6. The molecule has 2 amide bonds. The van der Waals surface area contributed by atoms with Crippen LogP contribution in [0, 0.1) is 0 Å². The molecule has 1 aliphatic heterocycles. The van der Waals surface area contributed by atoms with E-state index < -0.39 is 0 Å². The molecule has 242 valence electrons. The maximum absolute atomic E-state index is 13.2. The van der Waals surface area contributed by atoms with Crippen LogP contribution in [0.3, 0.4) is 0 Å². The van der Waals surface area contributed by atoms with Gasteiger partial charge in [-0.2, -0.15) is 19.6 Å². The van der Waals surface area contributed by atoms with Gasteiger partial charge in [-0.1, -0.05) is 38.1 Å². The standard InChI is InChI=1S/C34H43N9O3/c1-23(2)28-22-36-43-31(28)39-34(46-27-16-19-42(5)20-17-27)40-33(43)35-21-25-9-6-7-10-29(25)38-32(45)24-12-14-26(15-13-24)37-30(44)11-8-18-41(3)4/h6-15,22-23,27H,16-21H2,1-5H3,(H,37,44)(H,38,45)(H,35,39,40)/b11-8+. The molecule has 0 radical (unpaired) electrons. The Kier molecular flexibility index (Phi) is 10.6. The van der Waals surface area contributed by atoms with E-state index in [9.17, 15) is 9.59 Å². The second-order valence-corrected chi connectivity index (χ2v) is 12.1. The molecule has 4 aromatic rings. The fraction of sp³-hybridized carbons (Fsp3) is 0.382. The highest BCUT2D eigenvalue weighted by Crippen LogP contribution is 2.25. The van der Waals surface area contributed by atoms with Gasteiger partial charge >= 0.3 is 6.01 Å². The number of likely N-dealkylation sites (N-methyl/N-ethyl adjacent to an activating group) is 1. The largest absolute Gasteiger partial charge is 0.460 e. The number of likely N-dealkylation sites (tertiary alicyclic amines) is 1. The van der Waals surface area contributed by atoms with Gasteiger partial charge < -0.3 is 30.5 Å². The van der Waals surface area contributed by atoms with Crippen molar-refractivity contribution >= 4 is 34.8 Å². The van der Waals surface area contributed by atoms with Gasteiger partial charge in [0.2, 0.25) is 11.9 Å². The van der Waals surface area contributed by atoms with Crippen LogP contribution in [0.4, 0.5) is 17.3 Å². The van der Waals surface area contributed by atoms with Gasteiger partial charge in [-0.15, -0.1) is 0 Å². The molecular weight excluding hydrogens is 582 g/mol. The van der Waals surface area contributed by atoms with Crippen LogP contribution in [-0.4, -0.2) is 88.1 Å². The third kappa shape index (κ3) is 8.46. The number of amides is 2. The van der Waals surface area contributed by atoms with Crippen LogP contribution in [0.15, 0.2) is 66.9 Å². The Labute approximate surface area is 269 Å². The maximum atomic E-state index is 13.2. The van der Waals surface area contributed by atoms with Crippen LogP contribution in [-0.2, 0) is 11.3 Å². The Balaban J connectivity index is 1.27. The molecule has 2 aromatic heterocycles. The molecule has 12 nitrogen and oxygen atoms in total. The van der Waals surface area contributed by atoms with E-state index >= 15 is 0 Å². The summed E-state index contributed by atoms with van der Waals surface area (Å²) < 4.78 is 7.98. The van der Waals surface area contributed by atoms with Crippen LogP contribution in [0.5, 0.6) is 6.01 Å². The van der Waals surface area contributed by atoms with Crippen molar-refractivity contribution in [2.45, 2.75) is 45.3 Å². The predicted molar refractivity (Wildman–Crippen MR) is 181 cm³/mol. The Morgan fingerprint density at radius 2 is 1.78 bits per heavy atom. The zero-order valence-corrected chi connectivity index (χ0v) is 27.2. The summed E-state index contributed by atoms with van der Waals surface area (Å²) in [5.74, 6) is 0.248. The third-order valence-corrected chi connectivity index (χ3v) is 7.79. The minimum absolute atomic E-state index is 0.0584. The molecule has 12 heteroatoms. The lowest BCUT2D eigenvalue weighted by atomic mass is 10.1. The van der Waals surface area contributed by atoms with Gasteiger partial charge in [0.05, 0.1) is 6.20 Å². The summed E-state index contributed by atoms with van der Waals surface area (Å²) in [6.07, 6.45) is 7.01. The SMILES string of the molecule is CC(C)c1cnn2c(NCc3ccccc3NC(=O)c3ccc(NC(=O)/C=C/CN(C)C)cc3)nc(OC3CCN(C)CC3)nc12. The van der Waals surface area contributed by atoms with Crippen molar-refractivity contribution in [2.24, 2.45) is 0 Å². The molecule has 0 atom stereocenters. The van der Waals surface area contributed by atoms with Gasteiger partial charge in [0.25, 0.3) is 5.91 Å². The molecule has 3 heterocycles. The van der Waals surface area contributed by atoms with E-state index in [4.69, 9.17) is 14.7 Å². The van der Waals surface area contributed by atoms with Crippen molar-refractivity contribution in [3.8, 4) is 6.01 Å². The quantitative estimate of drug-likeness (QED) is 0.193. The smallest absolute Gasteiger partial charge is 0.322 e. The van der Waals surface area contributed by atoms with E-state index in [0.29, 0.717) is 47.6 Å². The normalized spacial score (nSPS) is 14.3. The summed E-state index contributed by atoms with van der Waals surface area (Å²) in [7, 11) is 5.98. The zero-order valence-electron chi connectivity index (χ0n) is 27.2. The molecule has 3 N–H and O–H groups in total. The van der Waals surface area contributed by atoms with Crippen LogP contribution < -0.4 is 20.7 Å². The molecule has 0 unspecified atom stereocenters. The highest BCUT2D eigenvalue weighted by atomic mass is 16.5. The van der Waals surface area contributed by atoms with E-state index in [-0.39, 0.29) is 23.8 Å². The number of anilines is 3. The number of ether oxygens (including phenoxy) is 1. The lowest BCUT2D eigenvalue weighted by molar-refractivity contribution is -0.111. The summed E-state index contributed by atoms with van der Waals surface area (Å²) >= 11 is 0. The van der Waals surface area contributed by atoms with Gasteiger partial charge in [0.1, 0.15) is 6.10 Å². The van der Waals surface area contributed by atoms with Crippen molar-refractivity contribution in [1.82, 2.24) is 29.4 Å². The monoisotopic (exact) mass is 625 g/mol. The second-order valence-electron chi connectivity index (χ2n) is 12.1. The molecule has 46 heavy (non-hydrogen) atoms. The zero-order chi connectivity index (χ0) is 32.6. The molecule has 0 aliphatic carbocycles. The van der Waals surface area contributed by atoms with E-state index in [1.54, 1.807) is 34.9 Å². The fourth-order valence-corrected chi connectivity index (χ4v) is 5.13. The van der Waals surface area contributed by atoms with Gasteiger partial charge in [-0.05, 0) is 75.8 Å². The predicted octanol–water partition coefficient (Wildman–Crippen LogP) is 4.64. The molecule has 5 rings (SSSR count). The van der Waals surface area contributed by atoms with Gasteiger partial charge in [-0.3, -0.25) is 9.59 Å². The summed E-state index contributed by atoms with van der Waals surface area (Å²) in [6.45, 7) is 7.21. The van der Waals surface area contributed by atoms with E-state index in [0.717, 1.165) is 37.1 Å². The van der Waals surface area contributed by atoms with Crippen molar-refractivity contribution in [1.29, 1.82) is 0 Å². The number of nitrogens with zero attached hydrogens (tertiary/aromatic N) is 6. The fourth-order valence-electron chi connectivity index (χ4n) is 5.13. The van der Waals surface area contributed by atoms with Crippen LogP contribution in [0.25, 0.3) is 5.65 Å². The van der Waals surface area contributed by atoms with Gasteiger partial charge in [0, 0.05) is 54.8 Å². The molecule has 1 saturated heterocycles. The average molecular weight is 626 g/mol. The third-order valence-electron chi connectivity index (χ3n) is 7.79. The minimum atomic E-state index is -0.261. The molecule has 0 spiro atoms. The number of rotatable bonds is 12. The van der Waals surface area contributed by atoms with Gasteiger partial charge in [0.15, 0.2) is 5.65 Å². The molecule has 2 aromatic carbocycles. The topological polar surface area (TPSA) is 129 Å². The Hall–Kier alpha value is -4.81. The highest BCUT2D eigenvalue weighted by molar-refractivity contribution is 6.05. The number of carbonyl (C=O) groups excluding carboxylic acids is 2. The molecule has 0 saturated carbocycles. The minimum Gasteiger partial charge on any atom is -0.460 e. The van der Waals surface area contributed by atoms with Crippen LogP contribution in [0.2, 0.25) is 0 Å². The lowest BCUT2D eigenvalue weighted by Crippen LogP contribution is -2.36. The molecule has 1 aliphatic rings. The molecule has 1 fully saturated rings. The summed E-state index contributed by atoms with van der Waals surface area (Å²) in [4.78, 5) is 39.1. The Morgan fingerprint density at radius 1 is 1.04 bits per heavy atom. The van der Waals surface area contributed by atoms with E-state index in [1.807, 2.05) is 49.5 Å². The van der Waals surface area contributed by atoms with Crippen LogP contribution >= 0.6 is 0 Å². The number of fused-ring (bicyclic) bond motifs is 1. The number of aromatic nitrogens is 4. The summed E-state index contributed by atoms with van der Waals surface area (Å²) in [5.41, 5.74) is 4.33. The first-order valence-corrected chi connectivity index (χ1v) is 15.6. The van der Waals surface area contributed by atoms with Crippen molar-refractivity contribution < 1.29 is 14.3 Å². The van der Waals surface area contributed by atoms with Crippen LogP contribution in [0.1, 0.15) is 54.1 Å². The molecule has 0 bridgehead atoms. The number of para-hydroxylation sites is 1. The van der Waals surface area contributed by atoms with Gasteiger partial charge in [-0.25, -0.2) is 0 Å². The number of hydrogen-bond acceptors (Lipinski definition) is 9. The van der Waals surface area contributed by atoms with Crippen molar-refractivity contribution in [3.05, 3.63) is 83.6 Å². The second kappa shape index (κ2) is 15.0. The average Bonchev–Trinajstić information content (AvgIpc) is 3.46. The number of hydrogen-bond donors (Lipinski definition) is 3. The maximum Gasteiger partial charge on any atom is 0.322 e. The Morgan fingerprint density at radius 3 is 2.50 bits per heavy atom. The van der Waals surface area contributed by atoms with E-state index in [2.05, 4.69) is 46.8 Å². The number of carbonyl (C=O) groups is 2. The first-order chi connectivity index (χ1) is 22.2. The van der Waals surface area contributed by atoms with Crippen molar-refractivity contribution in [2.75, 3.05) is 56.7 Å². The number of piperidine rings is 1. The molecular formula is C34H43N9O3. The van der Waals surface area contributed by atoms with Crippen molar-refractivity contribution in [3.63, 3.8) is 0 Å². The number of nitrogens with one attached hydrogen (secondary N) is 3. The first-order valence-electron chi connectivity index (χ1n) is 15.6.